The Bertz CT molecular complexity index is 500. The summed E-state index contributed by atoms with van der Waals surface area (Å²) in [6.45, 7) is 0. The number of rotatable bonds is 1. The van der Waals surface area contributed by atoms with Crippen molar-refractivity contribution in [2.75, 3.05) is 5.73 Å². The van der Waals surface area contributed by atoms with E-state index in [1.54, 1.807) is 0 Å². The molecule has 0 radical (unpaired) electrons. The number of hydrogen-bond donors (Lipinski definition) is 1. The van der Waals surface area contributed by atoms with Crippen LogP contribution in [0.1, 0.15) is 0 Å². The van der Waals surface area contributed by atoms with Crippen molar-refractivity contribution in [1.82, 2.24) is 9.97 Å². The molecular formula is C10H7F2N3. The molecule has 2 N–H and O–H groups in total. The molecule has 0 atom stereocenters. The molecule has 5 heteroatoms. The zero-order chi connectivity index (χ0) is 10.8. The fourth-order valence-corrected chi connectivity index (χ4v) is 1.22. The minimum absolute atomic E-state index is 0.0242. The molecule has 1 heterocycles. The zero-order valence-corrected chi connectivity index (χ0v) is 7.61. The fraction of sp³-hybridized carbons (Fsp3) is 0. The second-order valence-electron chi connectivity index (χ2n) is 2.92. The maximum Gasteiger partial charge on any atom is 0.220 e. The van der Waals surface area contributed by atoms with Crippen molar-refractivity contribution >= 4 is 5.95 Å². The standard InChI is InChI=1S/C10H7F2N3/c11-6-1-2-8(12)7(5-6)9-3-4-14-10(13)15-9/h1-5H,(H2,13,14,15). The highest BCUT2D eigenvalue weighted by Gasteiger charge is 2.07. The second kappa shape index (κ2) is 3.61. The molecule has 0 aliphatic heterocycles. The number of benzene rings is 1. The largest absolute Gasteiger partial charge is 0.368 e. The van der Waals surface area contributed by atoms with E-state index >= 15 is 0 Å². The van der Waals surface area contributed by atoms with Gasteiger partial charge in [-0.15, -0.1) is 0 Å². The first-order valence-corrected chi connectivity index (χ1v) is 4.21. The van der Waals surface area contributed by atoms with Crippen molar-refractivity contribution in [3.8, 4) is 11.3 Å². The molecule has 0 saturated heterocycles. The van der Waals surface area contributed by atoms with Gasteiger partial charge in [-0.25, -0.2) is 18.7 Å². The monoisotopic (exact) mass is 207 g/mol. The molecule has 0 amide bonds. The number of aromatic nitrogens is 2. The molecule has 2 rings (SSSR count). The molecule has 0 aliphatic rings. The predicted octanol–water partition coefficient (Wildman–Crippen LogP) is 2.00. The van der Waals surface area contributed by atoms with Crippen LogP contribution in [0.2, 0.25) is 0 Å². The van der Waals surface area contributed by atoms with Gasteiger partial charge in [-0.2, -0.15) is 0 Å². The second-order valence-corrected chi connectivity index (χ2v) is 2.92. The molecule has 3 nitrogen and oxygen atoms in total. The summed E-state index contributed by atoms with van der Waals surface area (Å²) in [6, 6.07) is 4.62. The first-order chi connectivity index (χ1) is 7.16. The Labute approximate surface area is 84.6 Å². The molecule has 1 aromatic heterocycles. The molecule has 2 aromatic rings. The summed E-state index contributed by atoms with van der Waals surface area (Å²) < 4.78 is 26.2. The van der Waals surface area contributed by atoms with Gasteiger partial charge < -0.3 is 5.73 Å². The Morgan fingerprint density at radius 1 is 1.13 bits per heavy atom. The average Bonchev–Trinajstić information content (AvgIpc) is 2.22. The minimum atomic E-state index is -0.547. The number of nitrogens with zero attached hydrogens (tertiary/aromatic N) is 2. The lowest BCUT2D eigenvalue weighted by molar-refractivity contribution is 0.602. The van der Waals surface area contributed by atoms with E-state index < -0.39 is 11.6 Å². The van der Waals surface area contributed by atoms with Gasteiger partial charge in [-0.3, -0.25) is 0 Å². The smallest absolute Gasteiger partial charge is 0.220 e. The number of hydrogen-bond acceptors (Lipinski definition) is 3. The summed E-state index contributed by atoms with van der Waals surface area (Å²) in [5.41, 5.74) is 5.68. The van der Waals surface area contributed by atoms with Gasteiger partial charge in [0.15, 0.2) is 0 Å². The van der Waals surface area contributed by atoms with Crippen LogP contribution in [0.15, 0.2) is 30.5 Å². The lowest BCUT2D eigenvalue weighted by Crippen LogP contribution is -1.96. The SMILES string of the molecule is Nc1nccc(-c2cc(F)ccc2F)n1. The first kappa shape index (κ1) is 9.51. The van der Waals surface area contributed by atoms with Crippen LogP contribution in [-0.2, 0) is 0 Å². The van der Waals surface area contributed by atoms with E-state index in [9.17, 15) is 8.78 Å². The van der Waals surface area contributed by atoms with Crippen molar-refractivity contribution in [1.29, 1.82) is 0 Å². The highest BCUT2D eigenvalue weighted by Crippen LogP contribution is 2.21. The van der Waals surface area contributed by atoms with Gasteiger partial charge in [0.1, 0.15) is 11.6 Å². The third kappa shape index (κ3) is 1.90. The Balaban J connectivity index is 2.58. The van der Waals surface area contributed by atoms with Gasteiger partial charge in [0.05, 0.1) is 5.69 Å². The summed E-state index contributed by atoms with van der Waals surface area (Å²) >= 11 is 0. The minimum Gasteiger partial charge on any atom is -0.368 e. The maximum absolute atomic E-state index is 13.3. The van der Waals surface area contributed by atoms with Crippen molar-refractivity contribution in [2.24, 2.45) is 0 Å². The van der Waals surface area contributed by atoms with Crippen molar-refractivity contribution < 1.29 is 8.78 Å². The highest BCUT2D eigenvalue weighted by molar-refractivity contribution is 5.60. The number of halogens is 2. The number of anilines is 1. The average molecular weight is 207 g/mol. The molecule has 0 saturated carbocycles. The summed E-state index contributed by atoms with van der Waals surface area (Å²) in [5, 5.41) is 0. The summed E-state index contributed by atoms with van der Waals surface area (Å²) in [7, 11) is 0. The van der Waals surface area contributed by atoms with E-state index in [-0.39, 0.29) is 17.2 Å². The number of nitrogens with two attached hydrogens (primary N) is 1. The third-order valence-corrected chi connectivity index (χ3v) is 1.88. The highest BCUT2D eigenvalue weighted by atomic mass is 19.1. The first-order valence-electron chi connectivity index (χ1n) is 4.21. The molecule has 0 fully saturated rings. The van der Waals surface area contributed by atoms with E-state index in [0.717, 1.165) is 18.2 Å². The molecule has 76 valence electrons. The van der Waals surface area contributed by atoms with Crippen LogP contribution in [-0.4, -0.2) is 9.97 Å². The summed E-state index contributed by atoms with van der Waals surface area (Å²) in [6.07, 6.45) is 1.39. The van der Waals surface area contributed by atoms with Crippen LogP contribution in [0.4, 0.5) is 14.7 Å². The van der Waals surface area contributed by atoms with E-state index in [1.165, 1.54) is 12.3 Å². The Morgan fingerprint density at radius 3 is 2.67 bits per heavy atom. The topological polar surface area (TPSA) is 51.8 Å². The van der Waals surface area contributed by atoms with E-state index in [1.807, 2.05) is 0 Å². The van der Waals surface area contributed by atoms with Crippen LogP contribution >= 0.6 is 0 Å². The van der Waals surface area contributed by atoms with E-state index in [0.29, 0.717) is 0 Å². The van der Waals surface area contributed by atoms with Gasteiger partial charge in [-0.1, -0.05) is 0 Å². The van der Waals surface area contributed by atoms with Crippen LogP contribution in [0.3, 0.4) is 0 Å². The Morgan fingerprint density at radius 2 is 1.93 bits per heavy atom. The van der Waals surface area contributed by atoms with Gasteiger partial charge >= 0.3 is 0 Å². The molecule has 1 aromatic carbocycles. The van der Waals surface area contributed by atoms with Gasteiger partial charge in [-0.05, 0) is 24.3 Å². The normalized spacial score (nSPS) is 10.3. The lowest BCUT2D eigenvalue weighted by Gasteiger charge is -2.02. The molecular weight excluding hydrogens is 200 g/mol. The van der Waals surface area contributed by atoms with Gasteiger partial charge in [0.25, 0.3) is 0 Å². The summed E-state index contributed by atoms with van der Waals surface area (Å²) in [5.74, 6) is -1.05. The molecule has 0 bridgehead atoms. The van der Waals surface area contributed by atoms with Crippen molar-refractivity contribution in [2.45, 2.75) is 0 Å². The van der Waals surface area contributed by atoms with E-state index in [4.69, 9.17) is 5.73 Å². The number of nitrogen functional groups attached to an aromatic ring is 1. The molecule has 0 aliphatic carbocycles. The van der Waals surface area contributed by atoms with Crippen LogP contribution in [0.5, 0.6) is 0 Å². The van der Waals surface area contributed by atoms with Crippen LogP contribution in [0, 0.1) is 11.6 Å². The molecule has 15 heavy (non-hydrogen) atoms. The molecule has 0 spiro atoms. The van der Waals surface area contributed by atoms with Crippen LogP contribution < -0.4 is 5.73 Å². The van der Waals surface area contributed by atoms with Crippen LogP contribution in [0.25, 0.3) is 11.3 Å². The van der Waals surface area contributed by atoms with Crippen molar-refractivity contribution in [3.63, 3.8) is 0 Å². The van der Waals surface area contributed by atoms with Crippen molar-refractivity contribution in [3.05, 3.63) is 42.1 Å². The lowest BCUT2D eigenvalue weighted by atomic mass is 10.1. The molecule has 0 unspecified atom stereocenters. The van der Waals surface area contributed by atoms with Gasteiger partial charge in [0, 0.05) is 11.8 Å². The summed E-state index contributed by atoms with van der Waals surface area (Å²) in [4.78, 5) is 7.47. The zero-order valence-electron chi connectivity index (χ0n) is 7.61. The quantitative estimate of drug-likeness (QED) is 0.778. The third-order valence-electron chi connectivity index (χ3n) is 1.88. The Kier molecular flexibility index (Phi) is 2.29. The van der Waals surface area contributed by atoms with E-state index in [2.05, 4.69) is 9.97 Å². The predicted molar refractivity (Wildman–Crippen MR) is 51.8 cm³/mol. The Hall–Kier alpha value is -2.04. The maximum atomic E-state index is 13.3. The van der Waals surface area contributed by atoms with Gasteiger partial charge in [0.2, 0.25) is 5.95 Å². The fourth-order valence-electron chi connectivity index (χ4n) is 1.22.